The second kappa shape index (κ2) is 7.17. The van der Waals surface area contributed by atoms with Crippen molar-refractivity contribution in [1.29, 1.82) is 0 Å². The molecule has 0 saturated carbocycles. The summed E-state index contributed by atoms with van der Waals surface area (Å²) in [6.45, 7) is 4.58. The first-order chi connectivity index (χ1) is 10.3. The van der Waals surface area contributed by atoms with E-state index < -0.39 is 0 Å². The average molecular weight is 323 g/mol. The van der Waals surface area contributed by atoms with Crippen molar-refractivity contribution in [3.8, 4) is 0 Å². The lowest BCUT2D eigenvalue weighted by atomic mass is 10.2. The largest absolute Gasteiger partial charge is 0.357 e. The Morgan fingerprint density at radius 2 is 2.48 bits per heavy atom. The van der Waals surface area contributed by atoms with Crippen LogP contribution < -0.4 is 10.6 Å². The van der Waals surface area contributed by atoms with Crippen LogP contribution in [0.4, 0.5) is 0 Å². The third kappa shape index (κ3) is 3.91. The lowest BCUT2D eigenvalue weighted by molar-refractivity contribution is 0.726. The molecular formula is C14H21N5S2. The van der Waals surface area contributed by atoms with Crippen LogP contribution in [0, 0.1) is 0 Å². The van der Waals surface area contributed by atoms with E-state index >= 15 is 0 Å². The molecule has 1 fully saturated rings. The summed E-state index contributed by atoms with van der Waals surface area (Å²) < 4.78 is 2.05. The normalized spacial score (nSPS) is 19.3. The van der Waals surface area contributed by atoms with E-state index in [1.807, 2.05) is 22.2 Å². The molecule has 0 radical (unpaired) electrons. The minimum Gasteiger partial charge on any atom is -0.357 e. The molecule has 2 aromatic heterocycles. The molecule has 0 aromatic carbocycles. The van der Waals surface area contributed by atoms with Crippen molar-refractivity contribution in [3.05, 3.63) is 23.5 Å². The van der Waals surface area contributed by atoms with E-state index in [-0.39, 0.29) is 0 Å². The number of aromatic nitrogens is 2. The molecule has 2 N–H and O–H groups in total. The van der Waals surface area contributed by atoms with Gasteiger partial charge in [0, 0.05) is 36.1 Å². The fraction of sp³-hybridized carbons (Fsp3) is 0.571. The lowest BCUT2D eigenvalue weighted by Crippen LogP contribution is -2.40. The second-order valence-corrected chi connectivity index (χ2v) is 7.32. The Hall–Kier alpha value is -1.21. The number of nitrogens with zero attached hydrogens (tertiary/aromatic N) is 3. The number of rotatable bonds is 5. The summed E-state index contributed by atoms with van der Waals surface area (Å²) in [7, 11) is 0. The Morgan fingerprint density at radius 1 is 1.52 bits per heavy atom. The molecule has 7 heteroatoms. The van der Waals surface area contributed by atoms with Gasteiger partial charge in [-0.25, -0.2) is 9.98 Å². The molecule has 1 unspecified atom stereocenters. The van der Waals surface area contributed by atoms with Crippen molar-refractivity contribution < 1.29 is 0 Å². The first-order valence-corrected chi connectivity index (χ1v) is 9.33. The number of nitrogens with one attached hydrogen (secondary N) is 2. The van der Waals surface area contributed by atoms with Crippen LogP contribution in [0.15, 0.2) is 22.8 Å². The Labute approximate surface area is 133 Å². The molecule has 0 bridgehead atoms. The average Bonchev–Trinajstić information content (AvgIpc) is 3.18. The minimum absolute atomic E-state index is 0.613. The van der Waals surface area contributed by atoms with Crippen LogP contribution >= 0.6 is 23.1 Å². The predicted octanol–water partition coefficient (Wildman–Crippen LogP) is 2.35. The maximum absolute atomic E-state index is 4.63. The third-order valence-corrected chi connectivity index (χ3v) is 5.58. The molecule has 1 aliphatic rings. The van der Waals surface area contributed by atoms with E-state index in [0.717, 1.165) is 35.0 Å². The number of fused-ring (bicyclic) bond motifs is 1. The van der Waals surface area contributed by atoms with Gasteiger partial charge in [-0.3, -0.25) is 4.40 Å². The van der Waals surface area contributed by atoms with Gasteiger partial charge in [-0.2, -0.15) is 11.8 Å². The van der Waals surface area contributed by atoms with Crippen molar-refractivity contribution in [2.45, 2.75) is 31.6 Å². The number of hydrogen-bond acceptors (Lipinski definition) is 4. The van der Waals surface area contributed by atoms with Gasteiger partial charge < -0.3 is 10.6 Å². The first kappa shape index (κ1) is 14.7. The van der Waals surface area contributed by atoms with Gasteiger partial charge in [-0.05, 0) is 25.5 Å². The van der Waals surface area contributed by atoms with Crippen LogP contribution in [0.2, 0.25) is 0 Å². The molecule has 0 amide bonds. The maximum Gasteiger partial charge on any atom is 0.193 e. The van der Waals surface area contributed by atoms with Crippen LogP contribution in [-0.4, -0.2) is 39.4 Å². The molecule has 0 spiro atoms. The highest BCUT2D eigenvalue weighted by atomic mass is 32.2. The highest BCUT2D eigenvalue weighted by Gasteiger charge is 2.15. The lowest BCUT2D eigenvalue weighted by Gasteiger charge is -2.14. The van der Waals surface area contributed by atoms with E-state index in [1.165, 1.54) is 18.6 Å². The molecule has 21 heavy (non-hydrogen) atoms. The molecule has 3 rings (SSSR count). The van der Waals surface area contributed by atoms with Crippen molar-refractivity contribution in [2.75, 3.05) is 18.8 Å². The van der Waals surface area contributed by atoms with Crippen LogP contribution in [0.5, 0.6) is 0 Å². The van der Waals surface area contributed by atoms with Crippen molar-refractivity contribution >= 4 is 34.0 Å². The Morgan fingerprint density at radius 3 is 3.24 bits per heavy atom. The molecule has 2 aromatic rings. The van der Waals surface area contributed by atoms with Gasteiger partial charge in [-0.15, -0.1) is 11.3 Å². The Balaban J connectivity index is 1.57. The first-order valence-electron chi connectivity index (χ1n) is 7.40. The van der Waals surface area contributed by atoms with E-state index in [4.69, 9.17) is 0 Å². The standard InChI is InChI=1S/C14H21N5S2/c1-2-15-13(17-9-12-4-3-6-20-12)16-8-11-10-19-5-7-21-14(19)18-11/h5,7,10,12H,2-4,6,8-9H2,1H3,(H2,15,16,17). The van der Waals surface area contributed by atoms with Crippen LogP contribution in [0.3, 0.4) is 0 Å². The molecular weight excluding hydrogens is 302 g/mol. The SMILES string of the molecule is CCNC(=NCc1cn2ccsc2n1)NCC1CCCS1. The number of hydrogen-bond donors (Lipinski definition) is 2. The zero-order valence-corrected chi connectivity index (χ0v) is 13.8. The van der Waals surface area contributed by atoms with E-state index in [1.54, 1.807) is 11.3 Å². The highest BCUT2D eigenvalue weighted by Crippen LogP contribution is 2.25. The van der Waals surface area contributed by atoms with Crippen LogP contribution in [0.1, 0.15) is 25.5 Å². The topological polar surface area (TPSA) is 53.7 Å². The number of thiazole rings is 1. The summed E-state index contributed by atoms with van der Waals surface area (Å²) >= 11 is 3.71. The number of imidazole rings is 1. The van der Waals surface area contributed by atoms with Gasteiger partial charge >= 0.3 is 0 Å². The highest BCUT2D eigenvalue weighted by molar-refractivity contribution is 8.00. The smallest absolute Gasteiger partial charge is 0.193 e. The van der Waals surface area contributed by atoms with Crippen LogP contribution in [-0.2, 0) is 6.54 Å². The van der Waals surface area contributed by atoms with Gasteiger partial charge in [0.15, 0.2) is 10.9 Å². The summed E-state index contributed by atoms with van der Waals surface area (Å²) in [4.78, 5) is 10.2. The predicted molar refractivity (Wildman–Crippen MR) is 91.4 cm³/mol. The molecule has 0 aliphatic carbocycles. The maximum atomic E-state index is 4.63. The van der Waals surface area contributed by atoms with Gasteiger partial charge in [0.2, 0.25) is 0 Å². The number of thioether (sulfide) groups is 1. The summed E-state index contributed by atoms with van der Waals surface area (Å²) in [5.41, 5.74) is 1.01. The van der Waals surface area contributed by atoms with E-state index in [0.29, 0.717) is 6.54 Å². The Kier molecular flexibility index (Phi) is 5.03. The zero-order valence-electron chi connectivity index (χ0n) is 12.2. The van der Waals surface area contributed by atoms with Gasteiger partial charge in [0.1, 0.15) is 0 Å². The summed E-state index contributed by atoms with van der Waals surface area (Å²) in [5.74, 6) is 2.19. The van der Waals surface area contributed by atoms with Crippen molar-refractivity contribution in [3.63, 3.8) is 0 Å². The summed E-state index contributed by atoms with van der Waals surface area (Å²) in [5, 5.41) is 9.52. The quantitative estimate of drug-likeness (QED) is 0.655. The van der Waals surface area contributed by atoms with Gasteiger partial charge in [0.05, 0.1) is 12.2 Å². The molecule has 5 nitrogen and oxygen atoms in total. The van der Waals surface area contributed by atoms with Crippen molar-refractivity contribution in [1.82, 2.24) is 20.0 Å². The molecule has 1 saturated heterocycles. The fourth-order valence-electron chi connectivity index (χ4n) is 2.37. The van der Waals surface area contributed by atoms with E-state index in [9.17, 15) is 0 Å². The monoisotopic (exact) mass is 323 g/mol. The van der Waals surface area contributed by atoms with E-state index in [2.05, 4.69) is 39.3 Å². The van der Waals surface area contributed by atoms with Crippen molar-refractivity contribution in [2.24, 2.45) is 4.99 Å². The minimum atomic E-state index is 0.613. The van der Waals surface area contributed by atoms with Crippen LogP contribution in [0.25, 0.3) is 4.96 Å². The molecule has 3 heterocycles. The molecule has 114 valence electrons. The summed E-state index contributed by atoms with van der Waals surface area (Å²) in [6.07, 6.45) is 6.73. The summed E-state index contributed by atoms with van der Waals surface area (Å²) in [6, 6.07) is 0. The van der Waals surface area contributed by atoms with Gasteiger partial charge in [-0.1, -0.05) is 0 Å². The number of aliphatic imine (C=N–C) groups is 1. The molecule has 1 aliphatic heterocycles. The van der Waals surface area contributed by atoms with Gasteiger partial charge in [0.25, 0.3) is 0 Å². The fourth-order valence-corrected chi connectivity index (χ4v) is 4.29. The Bertz CT molecular complexity index is 569. The number of guanidine groups is 1. The molecule has 1 atom stereocenters. The second-order valence-electron chi connectivity index (χ2n) is 5.04. The zero-order chi connectivity index (χ0) is 14.5. The third-order valence-electron chi connectivity index (χ3n) is 3.41.